The quantitative estimate of drug-likeness (QED) is 0.828. The zero-order valence-corrected chi connectivity index (χ0v) is 14.4. The highest BCUT2D eigenvalue weighted by Gasteiger charge is 2.37. The Morgan fingerprint density at radius 3 is 2.62 bits per heavy atom. The molecule has 4 nitrogen and oxygen atoms in total. The summed E-state index contributed by atoms with van der Waals surface area (Å²) in [4.78, 5) is 19.9. The Balaban J connectivity index is 1.79. The lowest BCUT2D eigenvalue weighted by molar-refractivity contribution is -0.137. The SMILES string of the molecule is CN(C(=O)C1CCCN(c2ncccc2C(F)(F)F)C1)c1ccccc1. The molecule has 26 heavy (non-hydrogen) atoms. The number of anilines is 2. The van der Waals surface area contributed by atoms with E-state index >= 15 is 0 Å². The Hall–Kier alpha value is -2.57. The maximum atomic E-state index is 13.3. The zero-order valence-electron chi connectivity index (χ0n) is 14.4. The molecule has 1 saturated heterocycles. The minimum absolute atomic E-state index is 0.0922. The largest absolute Gasteiger partial charge is 0.419 e. The first kappa shape index (κ1) is 18.2. The van der Waals surface area contributed by atoms with E-state index in [9.17, 15) is 18.0 Å². The predicted octanol–water partition coefficient (Wildman–Crippen LogP) is 3.98. The highest BCUT2D eigenvalue weighted by Crippen LogP contribution is 2.36. The summed E-state index contributed by atoms with van der Waals surface area (Å²) in [6, 6.07) is 11.5. The molecule has 1 fully saturated rings. The van der Waals surface area contributed by atoms with Gasteiger partial charge in [-0.05, 0) is 37.1 Å². The van der Waals surface area contributed by atoms with Crippen molar-refractivity contribution >= 4 is 17.4 Å². The molecule has 1 atom stereocenters. The highest BCUT2D eigenvalue weighted by atomic mass is 19.4. The molecule has 0 saturated carbocycles. The molecule has 1 aromatic heterocycles. The number of hydrogen-bond acceptors (Lipinski definition) is 3. The topological polar surface area (TPSA) is 36.4 Å². The van der Waals surface area contributed by atoms with Crippen molar-refractivity contribution in [3.05, 3.63) is 54.2 Å². The molecule has 2 aromatic rings. The van der Waals surface area contributed by atoms with Crippen LogP contribution < -0.4 is 9.80 Å². The molecule has 0 aliphatic carbocycles. The number of alkyl halides is 3. The molecule has 1 aliphatic heterocycles. The predicted molar refractivity (Wildman–Crippen MR) is 94.0 cm³/mol. The lowest BCUT2D eigenvalue weighted by Crippen LogP contribution is -2.44. The van der Waals surface area contributed by atoms with Crippen molar-refractivity contribution in [1.29, 1.82) is 0 Å². The molecule has 7 heteroatoms. The summed E-state index contributed by atoms with van der Waals surface area (Å²) in [5.74, 6) is -0.553. The van der Waals surface area contributed by atoms with E-state index in [1.165, 1.54) is 12.3 Å². The molecule has 0 radical (unpaired) electrons. The first-order valence-electron chi connectivity index (χ1n) is 8.47. The maximum Gasteiger partial charge on any atom is 0.419 e. The van der Waals surface area contributed by atoms with Gasteiger partial charge in [0.2, 0.25) is 5.91 Å². The van der Waals surface area contributed by atoms with Gasteiger partial charge in [-0.15, -0.1) is 0 Å². The van der Waals surface area contributed by atoms with Gasteiger partial charge in [0.05, 0.1) is 11.5 Å². The van der Waals surface area contributed by atoms with Crippen molar-refractivity contribution in [2.75, 3.05) is 29.9 Å². The van der Waals surface area contributed by atoms with Crippen molar-refractivity contribution < 1.29 is 18.0 Å². The fraction of sp³-hybridized carbons (Fsp3) is 0.368. The lowest BCUT2D eigenvalue weighted by atomic mass is 9.96. The number of nitrogens with zero attached hydrogens (tertiary/aromatic N) is 3. The van der Waals surface area contributed by atoms with Gasteiger partial charge in [-0.1, -0.05) is 18.2 Å². The molecule has 2 heterocycles. The highest BCUT2D eigenvalue weighted by molar-refractivity contribution is 5.95. The third-order valence-corrected chi connectivity index (χ3v) is 4.64. The number of benzene rings is 1. The first-order valence-corrected chi connectivity index (χ1v) is 8.47. The Morgan fingerprint density at radius 1 is 1.19 bits per heavy atom. The molecule has 0 spiro atoms. The van der Waals surface area contributed by atoms with Crippen LogP contribution in [-0.4, -0.2) is 31.0 Å². The van der Waals surface area contributed by atoms with Gasteiger partial charge in [0.25, 0.3) is 0 Å². The molecule has 0 N–H and O–H groups in total. The molecule has 1 aliphatic rings. The number of para-hydroxylation sites is 1. The number of rotatable bonds is 3. The summed E-state index contributed by atoms with van der Waals surface area (Å²) in [6.07, 6.45) is -1.82. The molecule has 138 valence electrons. The fourth-order valence-electron chi connectivity index (χ4n) is 3.29. The van der Waals surface area contributed by atoms with E-state index in [2.05, 4.69) is 4.98 Å². The average molecular weight is 363 g/mol. The molecule has 3 rings (SSSR count). The van der Waals surface area contributed by atoms with E-state index in [0.29, 0.717) is 19.4 Å². The van der Waals surface area contributed by atoms with Crippen molar-refractivity contribution in [2.45, 2.75) is 19.0 Å². The second-order valence-corrected chi connectivity index (χ2v) is 6.39. The summed E-state index contributed by atoms with van der Waals surface area (Å²) >= 11 is 0. The van der Waals surface area contributed by atoms with Crippen molar-refractivity contribution in [3.8, 4) is 0 Å². The van der Waals surface area contributed by atoms with Crippen LogP contribution in [0.3, 0.4) is 0 Å². The van der Waals surface area contributed by atoms with E-state index in [1.54, 1.807) is 16.8 Å². The van der Waals surface area contributed by atoms with Crippen molar-refractivity contribution in [2.24, 2.45) is 5.92 Å². The minimum Gasteiger partial charge on any atom is -0.355 e. The summed E-state index contributed by atoms with van der Waals surface area (Å²) < 4.78 is 39.8. The Bertz CT molecular complexity index is 764. The third-order valence-electron chi connectivity index (χ3n) is 4.64. The molecule has 1 aromatic carbocycles. The van der Waals surface area contributed by atoms with E-state index in [-0.39, 0.29) is 24.2 Å². The van der Waals surface area contributed by atoms with Crippen LogP contribution in [0.2, 0.25) is 0 Å². The van der Waals surface area contributed by atoms with Gasteiger partial charge in [-0.25, -0.2) is 4.98 Å². The molecule has 0 bridgehead atoms. The van der Waals surface area contributed by atoms with E-state index < -0.39 is 11.7 Å². The van der Waals surface area contributed by atoms with Crippen LogP contribution >= 0.6 is 0 Å². The molecular formula is C19H20F3N3O. The summed E-state index contributed by atoms with van der Waals surface area (Å²) in [5.41, 5.74) is 0.00736. The van der Waals surface area contributed by atoms with Crippen LogP contribution in [0.25, 0.3) is 0 Å². The summed E-state index contributed by atoms with van der Waals surface area (Å²) in [6.45, 7) is 0.690. The van der Waals surface area contributed by atoms with Gasteiger partial charge in [-0.3, -0.25) is 4.79 Å². The fourth-order valence-corrected chi connectivity index (χ4v) is 3.29. The van der Waals surface area contributed by atoms with Gasteiger partial charge < -0.3 is 9.80 Å². The van der Waals surface area contributed by atoms with Crippen molar-refractivity contribution in [1.82, 2.24) is 4.98 Å². The van der Waals surface area contributed by atoms with E-state index in [0.717, 1.165) is 11.8 Å². The number of halogens is 3. The van der Waals surface area contributed by atoms with Gasteiger partial charge in [0.15, 0.2) is 0 Å². The Morgan fingerprint density at radius 2 is 1.92 bits per heavy atom. The van der Waals surface area contributed by atoms with Crippen LogP contribution in [0.15, 0.2) is 48.7 Å². The number of aromatic nitrogens is 1. The lowest BCUT2D eigenvalue weighted by Gasteiger charge is -2.35. The maximum absolute atomic E-state index is 13.3. The molecular weight excluding hydrogens is 343 g/mol. The van der Waals surface area contributed by atoms with Crippen LogP contribution in [0.1, 0.15) is 18.4 Å². The number of hydrogen-bond donors (Lipinski definition) is 0. The molecule has 1 amide bonds. The van der Waals surface area contributed by atoms with Gasteiger partial charge in [0, 0.05) is 32.0 Å². The first-order chi connectivity index (χ1) is 12.4. The molecule has 1 unspecified atom stereocenters. The summed E-state index contributed by atoms with van der Waals surface area (Å²) in [5, 5.41) is 0. The number of carbonyl (C=O) groups is 1. The van der Waals surface area contributed by atoms with Crippen LogP contribution in [-0.2, 0) is 11.0 Å². The normalized spacial score (nSPS) is 17.8. The monoisotopic (exact) mass is 363 g/mol. The van der Waals surface area contributed by atoms with Gasteiger partial charge >= 0.3 is 6.18 Å². The average Bonchev–Trinajstić information content (AvgIpc) is 2.67. The number of pyridine rings is 1. The standard InChI is InChI=1S/C19H20F3N3O/c1-24(15-8-3-2-4-9-15)18(26)14-7-6-12-25(13-14)17-16(19(20,21)22)10-5-11-23-17/h2-5,8-11,14H,6-7,12-13H2,1H3. The summed E-state index contributed by atoms with van der Waals surface area (Å²) in [7, 11) is 1.69. The van der Waals surface area contributed by atoms with Gasteiger partial charge in [-0.2, -0.15) is 13.2 Å². The second-order valence-electron chi connectivity index (χ2n) is 6.39. The third kappa shape index (κ3) is 3.81. The smallest absolute Gasteiger partial charge is 0.355 e. The zero-order chi connectivity index (χ0) is 18.7. The number of carbonyl (C=O) groups excluding carboxylic acids is 1. The Labute approximate surface area is 150 Å². The van der Waals surface area contributed by atoms with Crippen LogP contribution in [0.5, 0.6) is 0 Å². The van der Waals surface area contributed by atoms with Crippen molar-refractivity contribution in [3.63, 3.8) is 0 Å². The minimum atomic E-state index is -4.47. The van der Waals surface area contributed by atoms with Gasteiger partial charge in [0.1, 0.15) is 5.82 Å². The number of amides is 1. The second kappa shape index (κ2) is 7.35. The number of piperidine rings is 1. The van der Waals surface area contributed by atoms with Crippen LogP contribution in [0.4, 0.5) is 24.7 Å². The Kier molecular flexibility index (Phi) is 5.15. The van der Waals surface area contributed by atoms with E-state index in [4.69, 9.17) is 0 Å². The van der Waals surface area contributed by atoms with E-state index in [1.807, 2.05) is 30.3 Å². The van der Waals surface area contributed by atoms with Crippen LogP contribution in [0, 0.1) is 5.92 Å².